The van der Waals surface area contributed by atoms with Crippen molar-refractivity contribution in [1.29, 1.82) is 0 Å². The van der Waals surface area contributed by atoms with E-state index in [4.69, 9.17) is 5.73 Å². The second-order valence-corrected chi connectivity index (χ2v) is 5.60. The lowest BCUT2D eigenvalue weighted by molar-refractivity contribution is 0.124. The summed E-state index contributed by atoms with van der Waals surface area (Å²) in [5.41, 5.74) is 5.91. The standard InChI is InChI=1S/C13H26N2/c1-10-7-13(12(8-14)9-15-10)11-5-3-2-4-6-11/h10-13,15H,2-9,14H2,1H3. The Labute approximate surface area is 94.0 Å². The minimum absolute atomic E-state index is 0.708. The fourth-order valence-electron chi connectivity index (χ4n) is 3.59. The van der Waals surface area contributed by atoms with Crippen LogP contribution in [-0.2, 0) is 0 Å². The van der Waals surface area contributed by atoms with E-state index in [1.807, 2.05) is 0 Å². The van der Waals surface area contributed by atoms with Crippen molar-refractivity contribution in [3.05, 3.63) is 0 Å². The van der Waals surface area contributed by atoms with E-state index in [1.54, 1.807) is 0 Å². The molecule has 0 aromatic carbocycles. The average Bonchev–Trinajstić information content (AvgIpc) is 2.30. The smallest absolute Gasteiger partial charge is 0.00417 e. The molecule has 3 unspecified atom stereocenters. The molecule has 1 heterocycles. The van der Waals surface area contributed by atoms with Crippen LogP contribution in [0.25, 0.3) is 0 Å². The van der Waals surface area contributed by atoms with Crippen LogP contribution < -0.4 is 11.1 Å². The zero-order valence-corrected chi connectivity index (χ0v) is 10.0. The quantitative estimate of drug-likeness (QED) is 0.733. The van der Waals surface area contributed by atoms with Gasteiger partial charge in [0.15, 0.2) is 0 Å². The molecule has 88 valence electrons. The molecule has 3 atom stereocenters. The van der Waals surface area contributed by atoms with Gasteiger partial charge in [0.1, 0.15) is 0 Å². The second-order valence-electron chi connectivity index (χ2n) is 5.60. The fourth-order valence-corrected chi connectivity index (χ4v) is 3.59. The van der Waals surface area contributed by atoms with Gasteiger partial charge in [-0.1, -0.05) is 32.1 Å². The van der Waals surface area contributed by atoms with E-state index in [9.17, 15) is 0 Å². The van der Waals surface area contributed by atoms with Crippen LogP contribution in [0, 0.1) is 17.8 Å². The summed E-state index contributed by atoms with van der Waals surface area (Å²) < 4.78 is 0. The number of nitrogens with two attached hydrogens (primary N) is 1. The summed E-state index contributed by atoms with van der Waals surface area (Å²) in [6.07, 6.45) is 8.67. The molecule has 2 heteroatoms. The van der Waals surface area contributed by atoms with Gasteiger partial charge in [0.2, 0.25) is 0 Å². The lowest BCUT2D eigenvalue weighted by Crippen LogP contribution is -2.47. The van der Waals surface area contributed by atoms with Gasteiger partial charge in [0.25, 0.3) is 0 Å². The van der Waals surface area contributed by atoms with Crippen LogP contribution in [0.5, 0.6) is 0 Å². The Morgan fingerprint density at radius 1 is 1.20 bits per heavy atom. The monoisotopic (exact) mass is 210 g/mol. The molecule has 1 saturated heterocycles. The summed E-state index contributed by atoms with van der Waals surface area (Å²) >= 11 is 0. The van der Waals surface area contributed by atoms with Gasteiger partial charge in [-0.05, 0) is 44.2 Å². The van der Waals surface area contributed by atoms with Crippen LogP contribution >= 0.6 is 0 Å². The third-order valence-corrected chi connectivity index (χ3v) is 4.52. The Bertz CT molecular complexity index is 187. The maximum atomic E-state index is 5.91. The highest BCUT2D eigenvalue weighted by molar-refractivity contribution is 4.88. The summed E-state index contributed by atoms with van der Waals surface area (Å²) in [5.74, 6) is 2.63. The van der Waals surface area contributed by atoms with Gasteiger partial charge < -0.3 is 11.1 Å². The second kappa shape index (κ2) is 5.31. The first-order valence-electron chi connectivity index (χ1n) is 6.74. The van der Waals surface area contributed by atoms with Gasteiger partial charge >= 0.3 is 0 Å². The van der Waals surface area contributed by atoms with Crippen molar-refractivity contribution in [2.75, 3.05) is 13.1 Å². The zero-order valence-electron chi connectivity index (χ0n) is 10.0. The maximum absolute atomic E-state index is 5.91. The van der Waals surface area contributed by atoms with Gasteiger partial charge in [0.05, 0.1) is 0 Å². The van der Waals surface area contributed by atoms with Gasteiger partial charge in [-0.3, -0.25) is 0 Å². The van der Waals surface area contributed by atoms with E-state index in [1.165, 1.54) is 38.5 Å². The lowest BCUT2D eigenvalue weighted by atomic mass is 9.70. The Morgan fingerprint density at radius 2 is 1.93 bits per heavy atom. The zero-order chi connectivity index (χ0) is 10.7. The molecular formula is C13H26N2. The van der Waals surface area contributed by atoms with Gasteiger partial charge in [-0.25, -0.2) is 0 Å². The number of nitrogens with one attached hydrogen (secondary N) is 1. The number of piperidine rings is 1. The molecule has 0 spiro atoms. The number of rotatable bonds is 2. The van der Waals surface area contributed by atoms with Crippen LogP contribution in [-0.4, -0.2) is 19.1 Å². The van der Waals surface area contributed by atoms with Crippen molar-refractivity contribution in [2.24, 2.45) is 23.5 Å². The molecule has 3 N–H and O–H groups in total. The lowest BCUT2D eigenvalue weighted by Gasteiger charge is -2.41. The predicted molar refractivity (Wildman–Crippen MR) is 64.7 cm³/mol. The third-order valence-electron chi connectivity index (χ3n) is 4.52. The van der Waals surface area contributed by atoms with Crippen LogP contribution in [0.15, 0.2) is 0 Å². The molecule has 0 bridgehead atoms. The van der Waals surface area contributed by atoms with Crippen LogP contribution in [0.4, 0.5) is 0 Å². The van der Waals surface area contributed by atoms with Crippen molar-refractivity contribution in [3.63, 3.8) is 0 Å². The van der Waals surface area contributed by atoms with Gasteiger partial charge in [-0.2, -0.15) is 0 Å². The first-order chi connectivity index (χ1) is 7.31. The van der Waals surface area contributed by atoms with Gasteiger partial charge in [-0.15, -0.1) is 0 Å². The van der Waals surface area contributed by atoms with Crippen molar-refractivity contribution in [3.8, 4) is 0 Å². The molecule has 1 aliphatic heterocycles. The molecule has 2 aliphatic rings. The molecule has 1 saturated carbocycles. The summed E-state index contributed by atoms with van der Waals surface area (Å²) in [6, 6.07) is 0.708. The first kappa shape index (κ1) is 11.4. The molecule has 1 aliphatic carbocycles. The van der Waals surface area contributed by atoms with Crippen molar-refractivity contribution in [2.45, 2.75) is 51.5 Å². The molecule has 0 amide bonds. The highest BCUT2D eigenvalue weighted by atomic mass is 14.9. The summed E-state index contributed by atoms with van der Waals surface area (Å²) in [7, 11) is 0. The largest absolute Gasteiger partial charge is 0.330 e. The van der Waals surface area contributed by atoms with Crippen LogP contribution in [0.2, 0.25) is 0 Å². The molecule has 2 nitrogen and oxygen atoms in total. The summed E-state index contributed by atoms with van der Waals surface area (Å²) in [4.78, 5) is 0. The minimum atomic E-state index is 0.708. The first-order valence-corrected chi connectivity index (χ1v) is 6.74. The number of hydrogen-bond donors (Lipinski definition) is 2. The highest BCUT2D eigenvalue weighted by Gasteiger charge is 2.33. The summed E-state index contributed by atoms with van der Waals surface area (Å²) in [5, 5.41) is 3.57. The van der Waals surface area contributed by atoms with Gasteiger partial charge in [0, 0.05) is 6.04 Å². The normalized spacial score (nSPS) is 39.2. The van der Waals surface area contributed by atoms with E-state index in [0.29, 0.717) is 6.04 Å². The molecule has 0 aromatic rings. The van der Waals surface area contributed by atoms with Crippen LogP contribution in [0.1, 0.15) is 45.4 Å². The van der Waals surface area contributed by atoms with Crippen molar-refractivity contribution in [1.82, 2.24) is 5.32 Å². The third kappa shape index (κ3) is 2.73. The van der Waals surface area contributed by atoms with Crippen molar-refractivity contribution >= 4 is 0 Å². The molecule has 0 aromatic heterocycles. The highest BCUT2D eigenvalue weighted by Crippen LogP contribution is 2.37. The number of hydrogen-bond acceptors (Lipinski definition) is 2. The SMILES string of the molecule is CC1CC(C2CCCCC2)C(CN)CN1. The minimum Gasteiger partial charge on any atom is -0.330 e. The molecular weight excluding hydrogens is 184 g/mol. The van der Waals surface area contributed by atoms with E-state index in [-0.39, 0.29) is 0 Å². The topological polar surface area (TPSA) is 38.0 Å². The Morgan fingerprint density at radius 3 is 2.60 bits per heavy atom. The molecule has 0 radical (unpaired) electrons. The van der Waals surface area contributed by atoms with E-state index < -0.39 is 0 Å². The van der Waals surface area contributed by atoms with E-state index >= 15 is 0 Å². The average molecular weight is 210 g/mol. The Balaban J connectivity index is 1.95. The van der Waals surface area contributed by atoms with E-state index in [2.05, 4.69) is 12.2 Å². The summed E-state index contributed by atoms with van der Waals surface area (Å²) in [6.45, 7) is 4.35. The molecule has 15 heavy (non-hydrogen) atoms. The van der Waals surface area contributed by atoms with Crippen molar-refractivity contribution < 1.29 is 0 Å². The van der Waals surface area contributed by atoms with E-state index in [0.717, 1.165) is 30.8 Å². The molecule has 2 rings (SSSR count). The predicted octanol–water partition coefficient (Wildman–Crippen LogP) is 2.14. The fraction of sp³-hybridized carbons (Fsp3) is 1.00. The Hall–Kier alpha value is -0.0800. The van der Waals surface area contributed by atoms with Crippen LogP contribution in [0.3, 0.4) is 0 Å². The molecule has 2 fully saturated rings. The maximum Gasteiger partial charge on any atom is 0.00417 e. The Kier molecular flexibility index (Phi) is 4.04.